The van der Waals surface area contributed by atoms with Crippen LogP contribution in [0.15, 0.2) is 42.5 Å². The molecule has 6 nitrogen and oxygen atoms in total. The average molecular weight is 325 g/mol. The summed E-state index contributed by atoms with van der Waals surface area (Å²) >= 11 is 0. The maximum Gasteiger partial charge on any atom is 0.327 e. The lowest BCUT2D eigenvalue weighted by Crippen LogP contribution is -2.18. The van der Waals surface area contributed by atoms with E-state index < -0.39 is 0 Å². The highest BCUT2D eigenvalue weighted by Crippen LogP contribution is 2.18. The van der Waals surface area contributed by atoms with Crippen LogP contribution in [0.25, 0.3) is 11.0 Å². The van der Waals surface area contributed by atoms with Crippen LogP contribution in [-0.4, -0.2) is 34.2 Å². The van der Waals surface area contributed by atoms with E-state index in [0.29, 0.717) is 6.61 Å². The molecule has 24 heavy (non-hydrogen) atoms. The summed E-state index contributed by atoms with van der Waals surface area (Å²) in [7, 11) is 0. The van der Waals surface area contributed by atoms with Gasteiger partial charge in [0.05, 0.1) is 5.52 Å². The minimum Gasteiger partial charge on any atom is -0.490 e. The number of carbonyl (C=O) groups is 1. The van der Waals surface area contributed by atoms with Gasteiger partial charge in [-0.25, -0.2) is 4.68 Å². The van der Waals surface area contributed by atoms with Crippen LogP contribution in [0.4, 0.5) is 0 Å². The van der Waals surface area contributed by atoms with E-state index in [2.05, 4.69) is 10.3 Å². The number of para-hydroxylation sites is 1. The summed E-state index contributed by atoms with van der Waals surface area (Å²) in [6.07, 6.45) is 0. The second kappa shape index (κ2) is 7.12. The highest BCUT2D eigenvalue weighted by atomic mass is 16.6. The molecule has 3 rings (SSSR count). The van der Waals surface area contributed by atoms with E-state index in [-0.39, 0.29) is 19.1 Å². The molecule has 0 saturated carbocycles. The Labute approximate surface area is 140 Å². The topological polar surface area (TPSA) is 66.2 Å². The zero-order valence-electron chi connectivity index (χ0n) is 13.7. The summed E-state index contributed by atoms with van der Waals surface area (Å²) < 4.78 is 12.4. The summed E-state index contributed by atoms with van der Waals surface area (Å²) in [4.78, 5) is 11.9. The molecule has 1 aromatic heterocycles. The molecular weight excluding hydrogens is 306 g/mol. The third-order valence-electron chi connectivity index (χ3n) is 3.65. The molecule has 3 aromatic rings. The Kier molecular flexibility index (Phi) is 4.74. The Balaban J connectivity index is 1.48. The predicted octanol–water partition coefficient (Wildman–Crippen LogP) is 2.67. The van der Waals surface area contributed by atoms with Crippen molar-refractivity contribution in [2.24, 2.45) is 0 Å². The first-order valence-corrected chi connectivity index (χ1v) is 7.77. The number of hydrogen-bond acceptors (Lipinski definition) is 5. The molecule has 0 radical (unpaired) electrons. The fraction of sp³-hybridized carbons (Fsp3) is 0.278. The van der Waals surface area contributed by atoms with Gasteiger partial charge < -0.3 is 9.47 Å². The fourth-order valence-electron chi connectivity index (χ4n) is 2.37. The second-order valence-electron chi connectivity index (χ2n) is 5.57. The van der Waals surface area contributed by atoms with Crippen molar-refractivity contribution in [2.45, 2.75) is 20.4 Å². The van der Waals surface area contributed by atoms with Gasteiger partial charge in [-0.2, -0.15) is 0 Å². The van der Waals surface area contributed by atoms with Gasteiger partial charge in [0.2, 0.25) is 0 Å². The number of aromatic nitrogens is 3. The number of esters is 1. The lowest BCUT2D eigenvalue weighted by Gasteiger charge is -2.10. The summed E-state index contributed by atoms with van der Waals surface area (Å²) in [6, 6.07) is 13.5. The van der Waals surface area contributed by atoms with Crippen LogP contribution in [0.5, 0.6) is 5.75 Å². The van der Waals surface area contributed by atoms with Crippen LogP contribution < -0.4 is 4.74 Å². The van der Waals surface area contributed by atoms with Gasteiger partial charge in [-0.05, 0) is 43.2 Å². The standard InChI is InChI=1S/C18H19N3O3/c1-13-7-8-14(2)17(11-13)23-9-10-24-18(22)12-21-16-6-4-3-5-15(16)19-20-21/h3-8,11H,9-10,12H2,1-2H3. The van der Waals surface area contributed by atoms with Crippen molar-refractivity contribution in [2.75, 3.05) is 13.2 Å². The molecule has 0 aliphatic heterocycles. The summed E-state index contributed by atoms with van der Waals surface area (Å²) in [5.74, 6) is 0.448. The number of carbonyl (C=O) groups excluding carboxylic acids is 1. The van der Waals surface area contributed by atoms with E-state index in [1.807, 2.05) is 56.3 Å². The number of nitrogens with zero attached hydrogens (tertiary/aromatic N) is 3. The average Bonchev–Trinajstić information content (AvgIpc) is 2.98. The molecule has 0 unspecified atom stereocenters. The maximum absolute atomic E-state index is 11.9. The number of fused-ring (bicyclic) bond motifs is 1. The molecular formula is C18H19N3O3. The lowest BCUT2D eigenvalue weighted by molar-refractivity contribution is -0.145. The maximum atomic E-state index is 11.9. The first-order valence-electron chi connectivity index (χ1n) is 7.77. The quantitative estimate of drug-likeness (QED) is 0.515. The van der Waals surface area contributed by atoms with Crippen molar-refractivity contribution < 1.29 is 14.3 Å². The Bertz CT molecular complexity index is 858. The van der Waals surface area contributed by atoms with Gasteiger partial charge in [0.15, 0.2) is 0 Å². The molecule has 0 saturated heterocycles. The Morgan fingerprint density at radius 1 is 1.12 bits per heavy atom. The number of aryl methyl sites for hydroxylation is 2. The summed E-state index contributed by atoms with van der Waals surface area (Å²) in [5.41, 5.74) is 3.75. The molecule has 0 aliphatic rings. The normalized spacial score (nSPS) is 10.8. The highest BCUT2D eigenvalue weighted by Gasteiger charge is 2.09. The molecule has 1 heterocycles. The number of hydrogen-bond donors (Lipinski definition) is 0. The monoisotopic (exact) mass is 325 g/mol. The predicted molar refractivity (Wildman–Crippen MR) is 89.9 cm³/mol. The molecule has 6 heteroatoms. The number of rotatable bonds is 6. The molecule has 0 amide bonds. The van der Waals surface area contributed by atoms with E-state index >= 15 is 0 Å². The van der Waals surface area contributed by atoms with E-state index in [9.17, 15) is 4.79 Å². The van der Waals surface area contributed by atoms with Crippen LogP contribution in [0.3, 0.4) is 0 Å². The zero-order valence-corrected chi connectivity index (χ0v) is 13.7. The van der Waals surface area contributed by atoms with Gasteiger partial charge in [0.1, 0.15) is 31.0 Å². The third kappa shape index (κ3) is 3.71. The molecule has 124 valence electrons. The second-order valence-corrected chi connectivity index (χ2v) is 5.57. The first-order chi connectivity index (χ1) is 11.6. The largest absolute Gasteiger partial charge is 0.490 e. The van der Waals surface area contributed by atoms with Crippen LogP contribution in [-0.2, 0) is 16.1 Å². The molecule has 0 fully saturated rings. The molecule has 0 atom stereocenters. The van der Waals surface area contributed by atoms with Crippen LogP contribution in [0, 0.1) is 13.8 Å². The molecule has 2 aromatic carbocycles. The Hall–Kier alpha value is -2.89. The molecule has 0 N–H and O–H groups in total. The van der Waals surface area contributed by atoms with Gasteiger partial charge >= 0.3 is 5.97 Å². The van der Waals surface area contributed by atoms with Crippen molar-refractivity contribution in [1.82, 2.24) is 15.0 Å². The zero-order chi connectivity index (χ0) is 16.9. The fourth-order valence-corrected chi connectivity index (χ4v) is 2.37. The van der Waals surface area contributed by atoms with E-state index in [0.717, 1.165) is 27.9 Å². The first kappa shape index (κ1) is 16.0. The van der Waals surface area contributed by atoms with Gasteiger partial charge in [-0.15, -0.1) is 5.10 Å². The van der Waals surface area contributed by atoms with Crippen molar-refractivity contribution in [3.8, 4) is 5.75 Å². The van der Waals surface area contributed by atoms with Crippen molar-refractivity contribution in [1.29, 1.82) is 0 Å². The van der Waals surface area contributed by atoms with E-state index in [4.69, 9.17) is 9.47 Å². The van der Waals surface area contributed by atoms with Crippen LogP contribution >= 0.6 is 0 Å². The molecule has 0 bridgehead atoms. The van der Waals surface area contributed by atoms with Crippen molar-refractivity contribution in [3.63, 3.8) is 0 Å². The third-order valence-corrected chi connectivity index (χ3v) is 3.65. The number of benzene rings is 2. The summed E-state index contributed by atoms with van der Waals surface area (Å²) in [6.45, 7) is 4.53. The Morgan fingerprint density at radius 3 is 2.83 bits per heavy atom. The minimum absolute atomic E-state index is 0.0317. The van der Waals surface area contributed by atoms with Crippen LogP contribution in [0.1, 0.15) is 11.1 Å². The molecule has 0 spiro atoms. The van der Waals surface area contributed by atoms with Gasteiger partial charge in [0, 0.05) is 0 Å². The highest BCUT2D eigenvalue weighted by molar-refractivity contribution is 5.76. The minimum atomic E-state index is -0.366. The number of ether oxygens (including phenoxy) is 2. The van der Waals surface area contributed by atoms with Crippen molar-refractivity contribution >= 4 is 17.0 Å². The van der Waals surface area contributed by atoms with E-state index in [1.165, 1.54) is 4.68 Å². The Morgan fingerprint density at radius 2 is 1.96 bits per heavy atom. The SMILES string of the molecule is Cc1ccc(C)c(OCCOC(=O)Cn2nnc3ccccc32)c1. The lowest BCUT2D eigenvalue weighted by atomic mass is 10.1. The smallest absolute Gasteiger partial charge is 0.327 e. The van der Waals surface area contributed by atoms with E-state index in [1.54, 1.807) is 0 Å². The van der Waals surface area contributed by atoms with Crippen LogP contribution in [0.2, 0.25) is 0 Å². The van der Waals surface area contributed by atoms with Gasteiger partial charge in [-0.1, -0.05) is 29.5 Å². The summed E-state index contributed by atoms with van der Waals surface area (Å²) in [5, 5.41) is 7.97. The van der Waals surface area contributed by atoms with Gasteiger partial charge in [-0.3, -0.25) is 4.79 Å². The van der Waals surface area contributed by atoms with Crippen molar-refractivity contribution in [3.05, 3.63) is 53.6 Å². The molecule has 0 aliphatic carbocycles. The van der Waals surface area contributed by atoms with Gasteiger partial charge in [0.25, 0.3) is 0 Å².